The molecule has 0 unspecified atom stereocenters. The quantitative estimate of drug-likeness (QED) is 0.487. The Morgan fingerprint density at radius 3 is 2.47 bits per heavy atom. The molecule has 0 bridgehead atoms. The topological polar surface area (TPSA) is 75.7 Å². The molecule has 1 rings (SSSR count). The molecule has 1 N–H and O–H groups in total. The van der Waals surface area contributed by atoms with E-state index in [1.807, 2.05) is 20.8 Å². The van der Waals surface area contributed by atoms with Crippen LogP contribution in [-0.2, 0) is 0 Å². The fourth-order valence-electron chi connectivity index (χ4n) is 1.54. The van der Waals surface area contributed by atoms with E-state index in [0.29, 0.717) is 11.3 Å². The van der Waals surface area contributed by atoms with Crippen molar-refractivity contribution >= 4 is 11.4 Å². The molecule has 0 spiro atoms. The van der Waals surface area contributed by atoms with Crippen LogP contribution in [0, 0.1) is 10.1 Å². The van der Waals surface area contributed by atoms with Crippen LogP contribution < -0.4 is 0 Å². The summed E-state index contributed by atoms with van der Waals surface area (Å²) in [5, 5.41) is 20.3. The maximum atomic E-state index is 10.9. The molecule has 0 radical (unpaired) electrons. The van der Waals surface area contributed by atoms with Crippen LogP contribution in [-0.4, -0.2) is 21.3 Å². The summed E-state index contributed by atoms with van der Waals surface area (Å²) in [7, 11) is 0. The molecule has 0 amide bonds. The number of phenols is 1. The lowest BCUT2D eigenvalue weighted by Crippen LogP contribution is -2.14. The van der Waals surface area contributed by atoms with Crippen molar-refractivity contribution in [3.05, 3.63) is 33.9 Å². The van der Waals surface area contributed by atoms with Gasteiger partial charge in [-0.2, -0.15) is 0 Å². The van der Waals surface area contributed by atoms with E-state index in [0.717, 1.165) is 0 Å². The van der Waals surface area contributed by atoms with Crippen molar-refractivity contribution < 1.29 is 10.0 Å². The minimum Gasteiger partial charge on any atom is -0.508 e. The van der Waals surface area contributed by atoms with Crippen LogP contribution in [0.25, 0.3) is 0 Å². The molecule has 0 aliphatic carbocycles. The summed E-state index contributed by atoms with van der Waals surface area (Å²) in [4.78, 5) is 14.8. The standard InChI is InChI=1S/C12H16N2O3/c1-8(13-12(2,3)4)10-7-9(15)5-6-11(10)14(16)17/h5-7,15H,1-4H3/b13-8-. The Morgan fingerprint density at radius 2 is 2.00 bits per heavy atom. The van der Waals surface area contributed by atoms with Gasteiger partial charge < -0.3 is 5.11 Å². The van der Waals surface area contributed by atoms with Crippen molar-refractivity contribution in [1.29, 1.82) is 0 Å². The van der Waals surface area contributed by atoms with E-state index in [1.54, 1.807) is 6.92 Å². The van der Waals surface area contributed by atoms with Crippen LogP contribution in [0.2, 0.25) is 0 Å². The van der Waals surface area contributed by atoms with Gasteiger partial charge in [-0.25, -0.2) is 0 Å². The number of nitro groups is 1. The normalized spacial score (nSPS) is 12.6. The highest BCUT2D eigenvalue weighted by molar-refractivity contribution is 6.02. The summed E-state index contributed by atoms with van der Waals surface area (Å²) in [5.41, 5.74) is 0.530. The Balaban J connectivity index is 3.34. The number of phenolic OH excluding ortho intramolecular Hbond substituents is 1. The summed E-state index contributed by atoms with van der Waals surface area (Å²) in [6, 6.07) is 3.95. The second kappa shape index (κ2) is 4.53. The third kappa shape index (κ3) is 3.55. The fourth-order valence-corrected chi connectivity index (χ4v) is 1.54. The molecule has 5 nitrogen and oxygen atoms in total. The number of benzene rings is 1. The molecule has 0 fully saturated rings. The van der Waals surface area contributed by atoms with Gasteiger partial charge in [0, 0.05) is 11.8 Å². The van der Waals surface area contributed by atoms with Crippen molar-refractivity contribution in [1.82, 2.24) is 0 Å². The third-order valence-electron chi connectivity index (χ3n) is 2.07. The summed E-state index contributed by atoms with van der Waals surface area (Å²) in [5.74, 6) is -0.00550. The van der Waals surface area contributed by atoms with Gasteiger partial charge in [0.15, 0.2) is 0 Å². The lowest BCUT2D eigenvalue weighted by molar-refractivity contribution is -0.385. The molecular formula is C12H16N2O3. The van der Waals surface area contributed by atoms with Gasteiger partial charge in [-0.05, 0) is 39.8 Å². The average molecular weight is 236 g/mol. The van der Waals surface area contributed by atoms with Crippen LogP contribution in [0.4, 0.5) is 5.69 Å². The number of hydrogen-bond donors (Lipinski definition) is 1. The largest absolute Gasteiger partial charge is 0.508 e. The van der Waals surface area contributed by atoms with E-state index in [2.05, 4.69) is 4.99 Å². The van der Waals surface area contributed by atoms with E-state index in [4.69, 9.17) is 0 Å². The first-order valence-electron chi connectivity index (χ1n) is 5.25. The van der Waals surface area contributed by atoms with E-state index >= 15 is 0 Å². The maximum Gasteiger partial charge on any atom is 0.278 e. The summed E-state index contributed by atoms with van der Waals surface area (Å²) in [6.45, 7) is 7.43. The van der Waals surface area contributed by atoms with Crippen molar-refractivity contribution in [3.63, 3.8) is 0 Å². The van der Waals surface area contributed by atoms with Gasteiger partial charge in [0.25, 0.3) is 5.69 Å². The van der Waals surface area contributed by atoms with E-state index in [9.17, 15) is 15.2 Å². The van der Waals surface area contributed by atoms with Gasteiger partial charge >= 0.3 is 0 Å². The van der Waals surface area contributed by atoms with Crippen LogP contribution >= 0.6 is 0 Å². The first-order valence-corrected chi connectivity index (χ1v) is 5.25. The highest BCUT2D eigenvalue weighted by Gasteiger charge is 2.18. The number of nitro benzene ring substituents is 1. The van der Waals surface area contributed by atoms with Crippen molar-refractivity contribution in [2.24, 2.45) is 4.99 Å². The average Bonchev–Trinajstić information content (AvgIpc) is 2.14. The minimum absolute atomic E-state index is 0.00550. The van der Waals surface area contributed by atoms with Crippen molar-refractivity contribution in [3.8, 4) is 5.75 Å². The Labute approximate surface area is 100.0 Å². The lowest BCUT2D eigenvalue weighted by atomic mass is 10.1. The Morgan fingerprint density at radius 1 is 1.41 bits per heavy atom. The molecule has 0 atom stereocenters. The van der Waals surface area contributed by atoms with E-state index < -0.39 is 4.92 Å². The fraction of sp³-hybridized carbons (Fsp3) is 0.417. The zero-order valence-electron chi connectivity index (χ0n) is 10.4. The second-order valence-corrected chi connectivity index (χ2v) is 4.83. The molecule has 0 saturated heterocycles. The van der Waals surface area contributed by atoms with Gasteiger partial charge in [0.2, 0.25) is 0 Å². The zero-order valence-corrected chi connectivity index (χ0v) is 10.4. The van der Waals surface area contributed by atoms with Gasteiger partial charge in [-0.1, -0.05) is 0 Å². The predicted octanol–water partition coefficient (Wildman–Crippen LogP) is 2.91. The molecule has 0 heterocycles. The van der Waals surface area contributed by atoms with Crippen molar-refractivity contribution in [2.75, 3.05) is 0 Å². The molecule has 17 heavy (non-hydrogen) atoms. The predicted molar refractivity (Wildman–Crippen MR) is 66.7 cm³/mol. The first kappa shape index (κ1) is 13.2. The van der Waals surface area contributed by atoms with Gasteiger partial charge in [0.1, 0.15) is 5.75 Å². The van der Waals surface area contributed by atoms with Gasteiger partial charge in [-0.3, -0.25) is 15.1 Å². The summed E-state index contributed by atoms with van der Waals surface area (Å²) in [6.07, 6.45) is 0. The smallest absolute Gasteiger partial charge is 0.278 e. The monoisotopic (exact) mass is 236 g/mol. The van der Waals surface area contributed by atoms with Crippen LogP contribution in [0.5, 0.6) is 5.75 Å². The Kier molecular flexibility index (Phi) is 3.50. The molecule has 0 aliphatic heterocycles. The van der Waals surface area contributed by atoms with E-state index in [1.165, 1.54) is 18.2 Å². The molecule has 0 aromatic heterocycles. The molecular weight excluding hydrogens is 220 g/mol. The minimum atomic E-state index is -0.476. The van der Waals surface area contributed by atoms with E-state index in [-0.39, 0.29) is 17.0 Å². The van der Waals surface area contributed by atoms with Crippen LogP contribution in [0.3, 0.4) is 0 Å². The lowest BCUT2D eigenvalue weighted by Gasteiger charge is -2.14. The first-order chi connectivity index (χ1) is 7.70. The Bertz CT molecular complexity index is 473. The number of rotatable bonds is 2. The number of aliphatic imine (C=N–C) groups is 1. The molecule has 0 aliphatic rings. The zero-order chi connectivity index (χ0) is 13.2. The third-order valence-corrected chi connectivity index (χ3v) is 2.07. The number of nitrogens with zero attached hydrogens (tertiary/aromatic N) is 2. The molecule has 1 aromatic carbocycles. The molecule has 5 heteroatoms. The van der Waals surface area contributed by atoms with Crippen molar-refractivity contribution in [2.45, 2.75) is 33.2 Å². The molecule has 92 valence electrons. The maximum absolute atomic E-state index is 10.9. The number of hydrogen-bond acceptors (Lipinski definition) is 4. The SMILES string of the molecule is C/C(=N/C(C)(C)C)c1cc(O)ccc1[N+](=O)[O-]. The highest BCUT2D eigenvalue weighted by atomic mass is 16.6. The van der Waals surface area contributed by atoms with Gasteiger partial charge in [-0.15, -0.1) is 0 Å². The number of aromatic hydroxyl groups is 1. The van der Waals surface area contributed by atoms with Crippen LogP contribution in [0.1, 0.15) is 33.3 Å². The van der Waals surface area contributed by atoms with Crippen LogP contribution in [0.15, 0.2) is 23.2 Å². The molecule has 1 aromatic rings. The second-order valence-electron chi connectivity index (χ2n) is 4.83. The highest BCUT2D eigenvalue weighted by Crippen LogP contribution is 2.25. The molecule has 0 saturated carbocycles. The van der Waals surface area contributed by atoms with Gasteiger partial charge in [0.05, 0.1) is 16.0 Å². The summed E-state index contributed by atoms with van der Waals surface area (Å²) >= 11 is 0. The summed E-state index contributed by atoms with van der Waals surface area (Å²) < 4.78 is 0. The Hall–Kier alpha value is -1.91.